The van der Waals surface area contributed by atoms with Crippen LogP contribution in [0.2, 0.25) is 0 Å². The van der Waals surface area contributed by atoms with E-state index in [4.69, 9.17) is 9.52 Å². The number of anilines is 1. The van der Waals surface area contributed by atoms with Crippen molar-refractivity contribution in [3.05, 3.63) is 106 Å². The zero-order chi connectivity index (χ0) is 25.7. The summed E-state index contributed by atoms with van der Waals surface area (Å²) < 4.78 is 19.0. The van der Waals surface area contributed by atoms with Gasteiger partial charge in [-0.05, 0) is 42.8 Å². The van der Waals surface area contributed by atoms with Gasteiger partial charge < -0.3 is 19.5 Å². The molecule has 0 spiro atoms. The predicted octanol–water partition coefficient (Wildman–Crippen LogP) is 4.01. The summed E-state index contributed by atoms with van der Waals surface area (Å²) in [6.07, 6.45) is 2.44. The molecule has 4 aromatic rings. The molecule has 36 heavy (non-hydrogen) atoms. The lowest BCUT2D eigenvalue weighted by atomic mass is 10.1. The molecule has 9 heteroatoms. The van der Waals surface area contributed by atoms with Gasteiger partial charge >= 0.3 is 0 Å². The lowest BCUT2D eigenvalue weighted by Crippen LogP contribution is -2.29. The topological polar surface area (TPSA) is 116 Å². The molecule has 0 saturated carbocycles. The number of fused-ring (bicyclic) bond motifs is 2. The summed E-state index contributed by atoms with van der Waals surface area (Å²) in [5.74, 6) is -0.770. The Morgan fingerprint density at radius 2 is 1.83 bits per heavy atom. The van der Waals surface area contributed by atoms with Crippen molar-refractivity contribution in [2.75, 3.05) is 11.5 Å². The molecular weight excluding hydrogens is 465 g/mol. The van der Waals surface area contributed by atoms with Crippen molar-refractivity contribution in [2.45, 2.75) is 13.5 Å². The Morgan fingerprint density at radius 3 is 2.61 bits per heavy atom. The van der Waals surface area contributed by atoms with Crippen LogP contribution in [-0.4, -0.2) is 34.7 Å². The third kappa shape index (κ3) is 5.06. The molecule has 0 saturated heterocycles. The predicted molar refractivity (Wildman–Crippen MR) is 135 cm³/mol. The average Bonchev–Trinajstić information content (AvgIpc) is 3.12. The van der Waals surface area contributed by atoms with E-state index in [1.807, 2.05) is 0 Å². The van der Waals surface area contributed by atoms with E-state index in [9.17, 15) is 19.1 Å². The molecule has 0 radical (unpaired) electrons. The first-order chi connectivity index (χ1) is 17.4. The molecule has 1 amide bonds. The normalized spacial score (nSPS) is 13.8. The molecule has 0 atom stereocenters. The molecule has 3 aromatic carbocycles. The lowest BCUT2D eigenvalue weighted by molar-refractivity contribution is -0.112. The largest absolute Gasteiger partial charge is 0.508 e. The Balaban J connectivity index is 0.000000967. The number of hydrogen-bond acceptors (Lipinski definition) is 7. The Labute approximate surface area is 205 Å². The molecule has 1 aliphatic heterocycles. The Bertz CT molecular complexity index is 1540. The Hall–Kier alpha value is -4.63. The third-order valence-corrected chi connectivity index (χ3v) is 5.27. The smallest absolute Gasteiger partial charge is 0.279 e. The SMILES string of the molecule is CCO.O=C1/C(=N\N=C\c2coc3cc(O)ccc3c2=O)c2ccccc2N1Cc1cccc(F)c1. The number of nitrogens with zero attached hydrogens (tertiary/aromatic N) is 3. The number of aromatic hydroxyl groups is 1. The van der Waals surface area contributed by atoms with Crippen molar-refractivity contribution in [2.24, 2.45) is 10.2 Å². The van der Waals surface area contributed by atoms with Crippen LogP contribution in [-0.2, 0) is 11.3 Å². The van der Waals surface area contributed by atoms with E-state index in [0.717, 1.165) is 0 Å². The fourth-order valence-corrected chi connectivity index (χ4v) is 3.70. The maximum Gasteiger partial charge on any atom is 0.279 e. The number of amides is 1. The van der Waals surface area contributed by atoms with Gasteiger partial charge in [-0.15, -0.1) is 5.10 Å². The fourth-order valence-electron chi connectivity index (χ4n) is 3.70. The van der Waals surface area contributed by atoms with Crippen LogP contribution in [0.5, 0.6) is 5.75 Å². The van der Waals surface area contributed by atoms with Gasteiger partial charge in [-0.3, -0.25) is 9.59 Å². The maximum absolute atomic E-state index is 13.6. The second-order valence-electron chi connectivity index (χ2n) is 7.75. The number of phenols is 1. The summed E-state index contributed by atoms with van der Waals surface area (Å²) in [5.41, 5.74) is 2.05. The van der Waals surface area contributed by atoms with Gasteiger partial charge in [0.15, 0.2) is 5.71 Å². The van der Waals surface area contributed by atoms with Gasteiger partial charge in [-0.2, -0.15) is 5.10 Å². The summed E-state index contributed by atoms with van der Waals surface area (Å²) in [6, 6.07) is 17.4. The van der Waals surface area contributed by atoms with Crippen LogP contribution >= 0.6 is 0 Å². The number of aliphatic hydroxyl groups excluding tert-OH is 1. The van der Waals surface area contributed by atoms with E-state index in [1.54, 1.807) is 43.3 Å². The molecule has 8 nitrogen and oxygen atoms in total. The minimum absolute atomic E-state index is 0.0142. The fraction of sp³-hybridized carbons (Fsp3) is 0.111. The first-order valence-corrected chi connectivity index (χ1v) is 11.0. The van der Waals surface area contributed by atoms with Crippen molar-refractivity contribution in [1.29, 1.82) is 0 Å². The maximum atomic E-state index is 13.6. The molecular formula is C27H22FN3O5. The van der Waals surface area contributed by atoms with Crippen molar-refractivity contribution >= 4 is 34.5 Å². The highest BCUT2D eigenvalue weighted by Crippen LogP contribution is 2.30. The van der Waals surface area contributed by atoms with Crippen LogP contribution in [0.15, 0.2) is 92.4 Å². The van der Waals surface area contributed by atoms with E-state index in [-0.39, 0.29) is 58.3 Å². The molecule has 5 rings (SSSR count). The van der Waals surface area contributed by atoms with Gasteiger partial charge in [0.2, 0.25) is 5.43 Å². The second-order valence-corrected chi connectivity index (χ2v) is 7.75. The zero-order valence-electron chi connectivity index (χ0n) is 19.3. The number of carbonyl (C=O) groups excluding carboxylic acids is 1. The summed E-state index contributed by atoms with van der Waals surface area (Å²) in [6.45, 7) is 2.11. The van der Waals surface area contributed by atoms with E-state index in [1.165, 1.54) is 47.7 Å². The van der Waals surface area contributed by atoms with Gasteiger partial charge in [-0.1, -0.05) is 30.3 Å². The van der Waals surface area contributed by atoms with Crippen molar-refractivity contribution in [3.63, 3.8) is 0 Å². The number of hydrogen-bond donors (Lipinski definition) is 2. The summed E-state index contributed by atoms with van der Waals surface area (Å²) >= 11 is 0. The minimum Gasteiger partial charge on any atom is -0.508 e. The molecule has 2 heterocycles. The number of aliphatic hydroxyl groups is 1. The highest BCUT2D eigenvalue weighted by molar-refractivity contribution is 6.54. The Kier molecular flexibility index (Phi) is 7.31. The van der Waals surface area contributed by atoms with Crippen molar-refractivity contribution in [3.8, 4) is 5.75 Å². The van der Waals surface area contributed by atoms with Crippen molar-refractivity contribution in [1.82, 2.24) is 0 Å². The second kappa shape index (κ2) is 10.7. The summed E-state index contributed by atoms with van der Waals surface area (Å²) in [5, 5.41) is 25.4. The molecule has 1 aromatic heterocycles. The molecule has 0 bridgehead atoms. The van der Waals surface area contributed by atoms with Crippen LogP contribution in [0.25, 0.3) is 11.0 Å². The van der Waals surface area contributed by atoms with E-state index >= 15 is 0 Å². The molecule has 0 fully saturated rings. The van der Waals surface area contributed by atoms with E-state index < -0.39 is 0 Å². The minimum atomic E-state index is -0.379. The van der Waals surface area contributed by atoms with Gasteiger partial charge in [-0.25, -0.2) is 4.39 Å². The summed E-state index contributed by atoms with van der Waals surface area (Å²) in [7, 11) is 0. The van der Waals surface area contributed by atoms with Crippen molar-refractivity contribution < 1.29 is 23.8 Å². The number of rotatable bonds is 4. The first-order valence-electron chi connectivity index (χ1n) is 11.0. The highest BCUT2D eigenvalue weighted by Gasteiger charge is 2.33. The van der Waals surface area contributed by atoms with Crippen LogP contribution in [0.4, 0.5) is 10.1 Å². The zero-order valence-corrected chi connectivity index (χ0v) is 19.3. The van der Waals surface area contributed by atoms with Crippen LogP contribution < -0.4 is 10.3 Å². The third-order valence-electron chi connectivity index (χ3n) is 5.27. The van der Waals surface area contributed by atoms with Crippen LogP contribution in [0.3, 0.4) is 0 Å². The van der Waals surface area contributed by atoms with Crippen LogP contribution in [0, 0.1) is 5.82 Å². The summed E-state index contributed by atoms with van der Waals surface area (Å²) in [4.78, 5) is 27.2. The number of benzene rings is 3. The molecule has 182 valence electrons. The monoisotopic (exact) mass is 487 g/mol. The van der Waals surface area contributed by atoms with Crippen LogP contribution in [0.1, 0.15) is 23.6 Å². The first kappa shape index (κ1) is 24.5. The highest BCUT2D eigenvalue weighted by atomic mass is 19.1. The number of para-hydroxylation sites is 1. The van der Waals surface area contributed by atoms with E-state index in [0.29, 0.717) is 16.8 Å². The number of carbonyl (C=O) groups is 1. The standard InChI is InChI=1S/C25H16FN3O4.C2H6O/c26-17-5-3-4-15(10-17)13-29-21-7-2-1-6-19(21)23(25(29)32)28-27-12-16-14-33-22-11-18(30)8-9-20(22)24(16)31;1-2-3/h1-12,14,30H,13H2;3H,2H2,1H3/b27-12+,28-23-;. The van der Waals surface area contributed by atoms with Gasteiger partial charge in [0.05, 0.1) is 29.4 Å². The molecule has 0 unspecified atom stereocenters. The average molecular weight is 487 g/mol. The quantitative estimate of drug-likeness (QED) is 0.333. The molecule has 2 N–H and O–H groups in total. The lowest BCUT2D eigenvalue weighted by Gasteiger charge is -2.16. The number of phenolic OH excluding ortho intramolecular Hbond substituents is 1. The molecule has 1 aliphatic rings. The van der Waals surface area contributed by atoms with Gasteiger partial charge in [0, 0.05) is 18.2 Å². The Morgan fingerprint density at radius 1 is 1.06 bits per heavy atom. The van der Waals surface area contributed by atoms with Gasteiger partial charge in [0.1, 0.15) is 23.4 Å². The number of halogens is 1. The molecule has 0 aliphatic carbocycles. The van der Waals surface area contributed by atoms with Gasteiger partial charge in [0.25, 0.3) is 5.91 Å². The van der Waals surface area contributed by atoms with E-state index in [2.05, 4.69) is 10.2 Å².